The van der Waals surface area contributed by atoms with Crippen LogP contribution in [-0.2, 0) is 9.47 Å². The summed E-state index contributed by atoms with van der Waals surface area (Å²) < 4.78 is 11.3. The number of aliphatic hydroxyl groups excluding tert-OH is 1. The zero-order chi connectivity index (χ0) is 12.6. The Labute approximate surface area is 111 Å². The molecule has 3 heterocycles. The fourth-order valence-corrected chi connectivity index (χ4v) is 3.60. The smallest absolute Gasteiger partial charge is 0.0998 e. The summed E-state index contributed by atoms with van der Waals surface area (Å²) in [5.41, 5.74) is 0.674. The number of nitrogens with zero attached hydrogens (tertiary/aromatic N) is 1. The normalized spacial score (nSPS) is 34.0. The molecule has 3 rings (SSSR count). The van der Waals surface area contributed by atoms with Gasteiger partial charge in [0.25, 0.3) is 0 Å². The second-order valence-corrected chi connectivity index (χ2v) is 6.39. The first-order valence-corrected chi connectivity index (χ1v) is 7.38. The molecule has 0 aliphatic carbocycles. The third kappa shape index (κ3) is 2.32. The van der Waals surface area contributed by atoms with E-state index in [1.165, 1.54) is 0 Å². The molecule has 0 bridgehead atoms. The number of rotatable bonds is 2. The molecule has 3 unspecified atom stereocenters. The van der Waals surface area contributed by atoms with Crippen molar-refractivity contribution in [1.82, 2.24) is 4.98 Å². The Morgan fingerprint density at radius 2 is 2.44 bits per heavy atom. The molecule has 2 aliphatic rings. The van der Waals surface area contributed by atoms with Gasteiger partial charge in [0.15, 0.2) is 0 Å². The number of hydrogen-bond donors (Lipinski definition) is 1. The molecule has 0 saturated carbocycles. The van der Waals surface area contributed by atoms with E-state index in [9.17, 15) is 5.11 Å². The Bertz CT molecular complexity index is 414. The molecule has 0 amide bonds. The van der Waals surface area contributed by atoms with Crippen molar-refractivity contribution in [3.8, 4) is 0 Å². The number of aryl methyl sites for hydroxylation is 1. The van der Waals surface area contributed by atoms with E-state index in [0.717, 1.165) is 36.6 Å². The van der Waals surface area contributed by atoms with Gasteiger partial charge in [-0.1, -0.05) is 0 Å². The van der Waals surface area contributed by atoms with E-state index in [4.69, 9.17) is 9.47 Å². The summed E-state index contributed by atoms with van der Waals surface area (Å²) in [7, 11) is 0. The quantitative estimate of drug-likeness (QED) is 0.893. The predicted octanol–water partition coefficient (Wildman–Crippen LogP) is 2.07. The molecule has 1 spiro atoms. The summed E-state index contributed by atoms with van der Waals surface area (Å²) >= 11 is 1.59. The first-order valence-electron chi connectivity index (χ1n) is 6.50. The summed E-state index contributed by atoms with van der Waals surface area (Å²) in [5, 5.41) is 13.4. The van der Waals surface area contributed by atoms with Crippen molar-refractivity contribution in [3.63, 3.8) is 0 Å². The monoisotopic (exact) mass is 269 g/mol. The molecule has 2 aliphatic heterocycles. The zero-order valence-electron chi connectivity index (χ0n) is 10.6. The third-order valence-electron chi connectivity index (χ3n) is 3.98. The van der Waals surface area contributed by atoms with Gasteiger partial charge in [-0.25, -0.2) is 4.98 Å². The minimum atomic E-state index is -0.462. The van der Waals surface area contributed by atoms with E-state index in [2.05, 4.69) is 4.98 Å². The summed E-state index contributed by atoms with van der Waals surface area (Å²) in [6, 6.07) is 0. The van der Waals surface area contributed by atoms with Crippen molar-refractivity contribution in [2.75, 3.05) is 19.8 Å². The Morgan fingerprint density at radius 1 is 1.56 bits per heavy atom. The van der Waals surface area contributed by atoms with Crippen LogP contribution in [-0.4, -0.2) is 35.5 Å². The molecule has 0 radical (unpaired) electrons. The van der Waals surface area contributed by atoms with Gasteiger partial charge in [0, 0.05) is 25.0 Å². The summed E-state index contributed by atoms with van der Waals surface area (Å²) in [5.74, 6) is 0.238. The van der Waals surface area contributed by atoms with Gasteiger partial charge in [0.05, 0.1) is 29.0 Å². The number of thiazole rings is 1. The van der Waals surface area contributed by atoms with Crippen LogP contribution in [0, 0.1) is 12.8 Å². The van der Waals surface area contributed by atoms with E-state index in [0.29, 0.717) is 13.2 Å². The van der Waals surface area contributed by atoms with E-state index >= 15 is 0 Å². The molecule has 1 N–H and O–H groups in total. The van der Waals surface area contributed by atoms with Crippen LogP contribution < -0.4 is 0 Å². The van der Waals surface area contributed by atoms with Crippen molar-refractivity contribution < 1.29 is 14.6 Å². The highest BCUT2D eigenvalue weighted by Crippen LogP contribution is 2.40. The van der Waals surface area contributed by atoms with Crippen LogP contribution >= 0.6 is 11.3 Å². The molecule has 100 valence electrons. The van der Waals surface area contributed by atoms with Crippen LogP contribution in [0.4, 0.5) is 0 Å². The lowest BCUT2D eigenvalue weighted by Gasteiger charge is -2.38. The minimum absolute atomic E-state index is 0.144. The standard InChI is InChI=1S/C13H19NO3S/c1-9-14-11(7-18-9)12(15)10-2-4-17-13(6-10)3-5-16-8-13/h7,10,12,15H,2-6,8H2,1H3. The van der Waals surface area contributed by atoms with E-state index in [1.807, 2.05) is 12.3 Å². The van der Waals surface area contributed by atoms with Gasteiger partial charge in [-0.15, -0.1) is 11.3 Å². The van der Waals surface area contributed by atoms with Crippen LogP contribution in [0.5, 0.6) is 0 Å². The average molecular weight is 269 g/mol. The van der Waals surface area contributed by atoms with Crippen LogP contribution in [0.3, 0.4) is 0 Å². The second-order valence-electron chi connectivity index (χ2n) is 5.32. The Hall–Kier alpha value is -0.490. The van der Waals surface area contributed by atoms with Crippen LogP contribution in [0.1, 0.15) is 36.1 Å². The summed E-state index contributed by atoms with van der Waals surface area (Å²) in [4.78, 5) is 4.40. The molecule has 2 saturated heterocycles. The lowest BCUT2D eigenvalue weighted by atomic mass is 9.81. The second kappa shape index (κ2) is 4.89. The molecule has 3 atom stereocenters. The van der Waals surface area contributed by atoms with Crippen molar-refractivity contribution in [2.24, 2.45) is 5.92 Å². The third-order valence-corrected chi connectivity index (χ3v) is 4.78. The lowest BCUT2D eigenvalue weighted by molar-refractivity contribution is -0.117. The fourth-order valence-electron chi connectivity index (χ4n) is 2.96. The Balaban J connectivity index is 1.72. The topological polar surface area (TPSA) is 51.6 Å². The molecule has 1 aromatic heterocycles. The van der Waals surface area contributed by atoms with Gasteiger partial charge >= 0.3 is 0 Å². The SMILES string of the molecule is Cc1nc(C(O)C2CCOC3(CCOC3)C2)cs1. The molecule has 1 aromatic rings. The highest BCUT2D eigenvalue weighted by molar-refractivity contribution is 7.09. The summed E-state index contributed by atoms with van der Waals surface area (Å²) in [6.45, 7) is 4.14. The molecule has 4 nitrogen and oxygen atoms in total. The van der Waals surface area contributed by atoms with Crippen molar-refractivity contribution in [2.45, 2.75) is 37.9 Å². The van der Waals surface area contributed by atoms with Crippen LogP contribution in [0.15, 0.2) is 5.38 Å². The predicted molar refractivity (Wildman–Crippen MR) is 68.7 cm³/mol. The number of ether oxygens (including phenoxy) is 2. The van der Waals surface area contributed by atoms with Gasteiger partial charge in [-0.05, 0) is 25.7 Å². The highest BCUT2D eigenvalue weighted by Gasteiger charge is 2.43. The molecule has 2 fully saturated rings. The van der Waals surface area contributed by atoms with Gasteiger partial charge in [0.2, 0.25) is 0 Å². The average Bonchev–Trinajstić information content (AvgIpc) is 2.98. The van der Waals surface area contributed by atoms with Crippen molar-refractivity contribution in [3.05, 3.63) is 16.1 Å². The molecule has 0 aromatic carbocycles. The van der Waals surface area contributed by atoms with Gasteiger partial charge < -0.3 is 14.6 Å². The molecular formula is C13H19NO3S. The Morgan fingerprint density at radius 3 is 3.11 bits per heavy atom. The highest BCUT2D eigenvalue weighted by atomic mass is 32.1. The van der Waals surface area contributed by atoms with Crippen LogP contribution in [0.25, 0.3) is 0 Å². The number of hydrogen-bond acceptors (Lipinski definition) is 5. The molecule has 18 heavy (non-hydrogen) atoms. The number of aliphatic hydroxyl groups is 1. The molecule has 5 heteroatoms. The van der Waals surface area contributed by atoms with E-state index in [-0.39, 0.29) is 11.5 Å². The first kappa shape index (κ1) is 12.5. The lowest BCUT2D eigenvalue weighted by Crippen LogP contribution is -2.41. The van der Waals surface area contributed by atoms with Gasteiger partial charge in [-0.3, -0.25) is 0 Å². The van der Waals surface area contributed by atoms with Crippen LogP contribution in [0.2, 0.25) is 0 Å². The van der Waals surface area contributed by atoms with Gasteiger partial charge in [0.1, 0.15) is 0 Å². The first-order chi connectivity index (χ1) is 8.69. The minimum Gasteiger partial charge on any atom is -0.386 e. The maximum absolute atomic E-state index is 10.5. The zero-order valence-corrected chi connectivity index (χ0v) is 11.4. The van der Waals surface area contributed by atoms with Crippen molar-refractivity contribution >= 4 is 11.3 Å². The van der Waals surface area contributed by atoms with E-state index < -0.39 is 6.10 Å². The fraction of sp³-hybridized carbons (Fsp3) is 0.769. The maximum Gasteiger partial charge on any atom is 0.0998 e. The largest absolute Gasteiger partial charge is 0.386 e. The summed E-state index contributed by atoms with van der Waals surface area (Å²) in [6.07, 6.45) is 2.27. The van der Waals surface area contributed by atoms with Gasteiger partial charge in [-0.2, -0.15) is 0 Å². The number of aromatic nitrogens is 1. The Kier molecular flexibility index (Phi) is 3.40. The maximum atomic E-state index is 10.5. The van der Waals surface area contributed by atoms with Crippen molar-refractivity contribution in [1.29, 1.82) is 0 Å². The molecular weight excluding hydrogens is 250 g/mol. The van der Waals surface area contributed by atoms with E-state index in [1.54, 1.807) is 11.3 Å².